The molecule has 0 atom stereocenters. The zero-order valence-electron chi connectivity index (χ0n) is 18.5. The van der Waals surface area contributed by atoms with E-state index in [0.29, 0.717) is 11.1 Å². The molecule has 0 unspecified atom stereocenters. The summed E-state index contributed by atoms with van der Waals surface area (Å²) in [5, 5.41) is 11.7. The van der Waals surface area contributed by atoms with Gasteiger partial charge in [-0.1, -0.05) is 12.1 Å². The van der Waals surface area contributed by atoms with Crippen molar-refractivity contribution in [2.24, 2.45) is 0 Å². The van der Waals surface area contributed by atoms with Crippen LogP contribution < -0.4 is 14.8 Å². The summed E-state index contributed by atoms with van der Waals surface area (Å²) < 4.78 is 64.7. The van der Waals surface area contributed by atoms with Gasteiger partial charge in [-0.25, -0.2) is 13.8 Å². The summed E-state index contributed by atoms with van der Waals surface area (Å²) in [5.41, 5.74) is 0.543. The number of benzene rings is 3. The van der Waals surface area contributed by atoms with Gasteiger partial charge in [0.2, 0.25) is 5.95 Å². The molecule has 0 bridgehead atoms. The number of imidazole rings is 1. The molecule has 4 aromatic rings. The number of nitrogens with one attached hydrogen (secondary N) is 1. The minimum absolute atomic E-state index is 0.0486. The van der Waals surface area contributed by atoms with Crippen LogP contribution in [-0.4, -0.2) is 29.2 Å². The van der Waals surface area contributed by atoms with Crippen LogP contribution in [0.4, 0.5) is 23.5 Å². The zero-order valence-corrected chi connectivity index (χ0v) is 18.5. The molecule has 0 aliphatic carbocycles. The quantitative estimate of drug-likeness (QED) is 0.339. The number of ether oxygens (including phenoxy) is 2. The van der Waals surface area contributed by atoms with Crippen LogP contribution in [0, 0.1) is 23.0 Å². The zero-order chi connectivity index (χ0) is 25.8. The van der Waals surface area contributed by atoms with Gasteiger partial charge in [0.1, 0.15) is 17.2 Å². The van der Waals surface area contributed by atoms with E-state index in [4.69, 9.17) is 4.74 Å². The molecule has 7 nitrogen and oxygen atoms in total. The van der Waals surface area contributed by atoms with Crippen LogP contribution in [0.25, 0.3) is 16.9 Å². The van der Waals surface area contributed by atoms with E-state index in [1.807, 2.05) is 6.07 Å². The molecule has 1 amide bonds. The number of hydrogen-bond acceptors (Lipinski definition) is 5. The Labute approximate surface area is 202 Å². The lowest BCUT2D eigenvalue weighted by Gasteiger charge is -2.12. The Morgan fingerprint density at radius 3 is 2.36 bits per heavy atom. The number of amides is 1. The first-order chi connectivity index (χ1) is 17.3. The molecule has 0 aliphatic heterocycles. The summed E-state index contributed by atoms with van der Waals surface area (Å²) >= 11 is 0. The Balaban J connectivity index is 1.76. The lowest BCUT2D eigenvalue weighted by molar-refractivity contribution is -0.0498. The number of nitrogens with zero attached hydrogens (tertiary/aromatic N) is 3. The maximum absolute atomic E-state index is 14.9. The van der Waals surface area contributed by atoms with Crippen molar-refractivity contribution < 1.29 is 31.8 Å². The summed E-state index contributed by atoms with van der Waals surface area (Å²) in [6.45, 7) is -3.02. The van der Waals surface area contributed by atoms with Crippen molar-refractivity contribution in [3.05, 3.63) is 89.6 Å². The van der Waals surface area contributed by atoms with Gasteiger partial charge in [0.15, 0.2) is 11.6 Å². The van der Waals surface area contributed by atoms with Crippen molar-refractivity contribution >= 4 is 11.9 Å². The maximum atomic E-state index is 14.9. The van der Waals surface area contributed by atoms with Gasteiger partial charge in [0, 0.05) is 29.5 Å². The number of nitriles is 1. The average molecular weight is 496 g/mol. The number of halogens is 4. The Kier molecular flexibility index (Phi) is 6.87. The van der Waals surface area contributed by atoms with Crippen LogP contribution in [0.1, 0.15) is 15.9 Å². The number of anilines is 1. The van der Waals surface area contributed by atoms with E-state index in [1.165, 1.54) is 43.6 Å². The SMILES string of the molecule is COc1cc(F)c(-n2cc(-c3cccc(C#N)c3)nc2NC(=O)c2ccc(OC(F)F)cc2)c(F)c1. The maximum Gasteiger partial charge on any atom is 0.387 e. The van der Waals surface area contributed by atoms with Gasteiger partial charge < -0.3 is 9.47 Å². The first kappa shape index (κ1) is 24.3. The molecule has 0 fully saturated rings. The van der Waals surface area contributed by atoms with Crippen molar-refractivity contribution in [1.82, 2.24) is 9.55 Å². The third kappa shape index (κ3) is 5.12. The average Bonchev–Trinajstić information content (AvgIpc) is 3.26. The second kappa shape index (κ2) is 10.2. The van der Waals surface area contributed by atoms with Crippen molar-refractivity contribution in [3.63, 3.8) is 0 Å². The highest BCUT2D eigenvalue weighted by Crippen LogP contribution is 2.30. The first-order valence-electron chi connectivity index (χ1n) is 10.3. The van der Waals surface area contributed by atoms with Crippen LogP contribution in [-0.2, 0) is 0 Å². The number of methoxy groups -OCH3 is 1. The molecule has 0 aliphatic rings. The van der Waals surface area contributed by atoms with E-state index >= 15 is 0 Å². The minimum atomic E-state index is -3.02. The highest BCUT2D eigenvalue weighted by atomic mass is 19.3. The van der Waals surface area contributed by atoms with E-state index < -0.39 is 29.8 Å². The van der Waals surface area contributed by atoms with E-state index in [2.05, 4.69) is 15.0 Å². The predicted molar refractivity (Wildman–Crippen MR) is 121 cm³/mol. The summed E-state index contributed by atoms with van der Waals surface area (Å²) in [7, 11) is 1.26. The fraction of sp³-hybridized carbons (Fsp3) is 0.0800. The van der Waals surface area contributed by atoms with Crippen molar-refractivity contribution in [2.45, 2.75) is 6.61 Å². The summed E-state index contributed by atoms with van der Waals surface area (Å²) in [4.78, 5) is 17.2. The van der Waals surface area contributed by atoms with Gasteiger partial charge in [-0.15, -0.1) is 0 Å². The Morgan fingerprint density at radius 2 is 1.75 bits per heavy atom. The van der Waals surface area contributed by atoms with E-state index in [1.54, 1.807) is 18.2 Å². The molecule has 4 rings (SSSR count). The second-order valence-corrected chi connectivity index (χ2v) is 7.31. The molecular weight excluding hydrogens is 480 g/mol. The molecule has 0 spiro atoms. The lowest BCUT2D eigenvalue weighted by Crippen LogP contribution is -2.16. The summed E-state index contributed by atoms with van der Waals surface area (Å²) in [5.74, 6) is -3.11. The minimum Gasteiger partial charge on any atom is -0.497 e. The predicted octanol–water partition coefficient (Wildman–Crippen LogP) is 5.55. The molecule has 0 saturated carbocycles. The van der Waals surface area contributed by atoms with Gasteiger partial charge in [0.05, 0.1) is 24.4 Å². The van der Waals surface area contributed by atoms with Crippen LogP contribution >= 0.6 is 0 Å². The summed E-state index contributed by atoms with van der Waals surface area (Å²) in [6, 6.07) is 15.1. The van der Waals surface area contributed by atoms with Gasteiger partial charge in [-0.3, -0.25) is 14.7 Å². The highest BCUT2D eigenvalue weighted by molar-refractivity contribution is 6.03. The lowest BCUT2D eigenvalue weighted by atomic mass is 10.1. The molecule has 182 valence electrons. The van der Waals surface area contributed by atoms with Crippen LogP contribution in [0.5, 0.6) is 11.5 Å². The normalized spacial score (nSPS) is 10.7. The van der Waals surface area contributed by atoms with Crippen molar-refractivity contribution in [3.8, 4) is 34.5 Å². The number of carbonyl (C=O) groups excluding carboxylic acids is 1. The van der Waals surface area contributed by atoms with Crippen molar-refractivity contribution in [2.75, 3.05) is 12.4 Å². The number of alkyl halides is 2. The number of rotatable bonds is 7. The van der Waals surface area contributed by atoms with Gasteiger partial charge >= 0.3 is 6.61 Å². The fourth-order valence-electron chi connectivity index (χ4n) is 3.38. The Hall–Kier alpha value is -4.85. The smallest absolute Gasteiger partial charge is 0.387 e. The third-order valence-electron chi connectivity index (χ3n) is 5.03. The molecule has 36 heavy (non-hydrogen) atoms. The highest BCUT2D eigenvalue weighted by Gasteiger charge is 2.21. The van der Waals surface area contributed by atoms with Crippen LogP contribution in [0.15, 0.2) is 66.9 Å². The van der Waals surface area contributed by atoms with Gasteiger partial charge in [-0.05, 0) is 36.4 Å². The monoisotopic (exact) mass is 496 g/mol. The molecule has 1 aromatic heterocycles. The molecule has 3 aromatic carbocycles. The molecule has 0 radical (unpaired) electrons. The largest absolute Gasteiger partial charge is 0.497 e. The number of aromatic nitrogens is 2. The standard InChI is InChI=1S/C25H16F4N4O3/c1-35-18-10-19(26)22(20(27)11-18)33-13-21(16-4-2-3-14(9-16)12-30)31-25(33)32-23(34)15-5-7-17(8-6-15)36-24(28)29/h2-11,13,24H,1H3,(H,31,32,34). The number of carbonyl (C=O) groups is 1. The van der Waals surface area contributed by atoms with Gasteiger partial charge in [0.25, 0.3) is 5.91 Å². The molecule has 1 heterocycles. The van der Waals surface area contributed by atoms with E-state index in [9.17, 15) is 27.6 Å². The summed E-state index contributed by atoms with van der Waals surface area (Å²) in [6.07, 6.45) is 1.31. The van der Waals surface area contributed by atoms with E-state index in [-0.39, 0.29) is 28.7 Å². The third-order valence-corrected chi connectivity index (χ3v) is 5.03. The van der Waals surface area contributed by atoms with Crippen molar-refractivity contribution in [1.29, 1.82) is 5.26 Å². The molecular formula is C25H16F4N4O3. The topological polar surface area (TPSA) is 89.2 Å². The fourth-order valence-corrected chi connectivity index (χ4v) is 3.38. The van der Waals surface area contributed by atoms with Crippen LogP contribution in [0.2, 0.25) is 0 Å². The Bertz CT molecular complexity index is 1440. The van der Waals surface area contributed by atoms with Crippen LogP contribution in [0.3, 0.4) is 0 Å². The number of hydrogen-bond donors (Lipinski definition) is 1. The first-order valence-corrected chi connectivity index (χ1v) is 10.3. The molecule has 11 heteroatoms. The second-order valence-electron chi connectivity index (χ2n) is 7.31. The molecule has 0 saturated heterocycles. The Morgan fingerprint density at radius 1 is 1.06 bits per heavy atom. The van der Waals surface area contributed by atoms with E-state index in [0.717, 1.165) is 16.7 Å². The molecule has 1 N–H and O–H groups in total. The van der Waals surface area contributed by atoms with Gasteiger partial charge in [-0.2, -0.15) is 14.0 Å².